The zero-order chi connectivity index (χ0) is 10.4. The third-order valence-corrected chi connectivity index (χ3v) is 0.911. The van der Waals surface area contributed by atoms with Crippen LogP contribution in [0.5, 0.6) is 0 Å². The first kappa shape index (κ1) is 23.1. The summed E-state index contributed by atoms with van der Waals surface area (Å²) in [4.78, 5) is 8.08. The number of hydrogen-bond donors (Lipinski definition) is 1. The van der Waals surface area contributed by atoms with Gasteiger partial charge in [-0.1, -0.05) is 34.6 Å². The topological polar surface area (TPSA) is 44.5 Å². The van der Waals surface area contributed by atoms with Crippen LogP contribution < -0.4 is 5.73 Å². The molecule has 0 amide bonds. The van der Waals surface area contributed by atoms with Crippen LogP contribution in [0.15, 0.2) is 0 Å². The Bertz CT molecular complexity index is 48.2. The van der Waals surface area contributed by atoms with Gasteiger partial charge >= 0.3 is 0 Å². The summed E-state index contributed by atoms with van der Waals surface area (Å²) in [5.41, 5.74) is 5.40. The molecule has 86 valence electrons. The quantitative estimate of drug-likeness (QED) is 0.556. The molecule has 0 aliphatic heterocycles. The van der Waals surface area contributed by atoms with Crippen molar-refractivity contribution in [3.63, 3.8) is 0 Å². The lowest BCUT2D eigenvalue weighted by molar-refractivity contribution is -0.248. The van der Waals surface area contributed by atoms with Gasteiger partial charge in [0.15, 0.2) is 0 Å². The van der Waals surface area contributed by atoms with Crippen molar-refractivity contribution in [3.05, 3.63) is 0 Å². The lowest BCUT2D eigenvalue weighted by Gasteiger charge is -1.96. The molecule has 0 aromatic rings. The summed E-state index contributed by atoms with van der Waals surface area (Å²) in [5.74, 6) is 0. The molecule has 0 aromatic heterocycles. The van der Waals surface area contributed by atoms with E-state index in [4.69, 9.17) is 5.73 Å². The van der Waals surface area contributed by atoms with Gasteiger partial charge < -0.3 is 5.73 Å². The van der Waals surface area contributed by atoms with Crippen LogP contribution in [0, 0.1) is 0 Å². The SMILES string of the molecule is C.CC.CCCC(C)N.COOC. The Morgan fingerprint density at radius 2 is 1.46 bits per heavy atom. The minimum atomic E-state index is 0. The Balaban J connectivity index is -0.0000000512. The van der Waals surface area contributed by atoms with E-state index in [-0.39, 0.29) is 7.43 Å². The van der Waals surface area contributed by atoms with Crippen LogP contribution in [-0.4, -0.2) is 20.3 Å². The third-order valence-electron chi connectivity index (χ3n) is 0.911. The lowest BCUT2D eigenvalue weighted by Crippen LogP contribution is -2.13. The minimum absolute atomic E-state index is 0. The molecule has 3 nitrogen and oxygen atoms in total. The van der Waals surface area contributed by atoms with Crippen molar-refractivity contribution >= 4 is 0 Å². The van der Waals surface area contributed by atoms with Crippen molar-refractivity contribution in [2.75, 3.05) is 14.2 Å². The second-order valence-electron chi connectivity index (χ2n) is 2.10. The Morgan fingerprint density at radius 3 is 1.46 bits per heavy atom. The average molecular weight is 195 g/mol. The van der Waals surface area contributed by atoms with E-state index in [1.54, 1.807) is 0 Å². The van der Waals surface area contributed by atoms with Crippen LogP contribution in [0.2, 0.25) is 0 Å². The van der Waals surface area contributed by atoms with E-state index in [0.29, 0.717) is 6.04 Å². The van der Waals surface area contributed by atoms with Crippen LogP contribution in [0.3, 0.4) is 0 Å². The van der Waals surface area contributed by atoms with Crippen molar-refractivity contribution < 1.29 is 9.78 Å². The van der Waals surface area contributed by atoms with Gasteiger partial charge in [0, 0.05) is 6.04 Å². The van der Waals surface area contributed by atoms with E-state index in [2.05, 4.69) is 16.7 Å². The summed E-state index contributed by atoms with van der Waals surface area (Å²) in [7, 11) is 2.92. The summed E-state index contributed by atoms with van der Waals surface area (Å²) in [6, 6.07) is 0.398. The van der Waals surface area contributed by atoms with Crippen molar-refractivity contribution in [1.29, 1.82) is 0 Å². The molecule has 0 aromatic carbocycles. The van der Waals surface area contributed by atoms with Crippen LogP contribution in [-0.2, 0) is 9.78 Å². The molecule has 0 aliphatic rings. The highest BCUT2D eigenvalue weighted by Crippen LogP contribution is 1.88. The Hall–Kier alpha value is -0.120. The maximum atomic E-state index is 5.40. The van der Waals surface area contributed by atoms with Gasteiger partial charge in [-0.15, -0.1) is 0 Å². The molecule has 13 heavy (non-hydrogen) atoms. The summed E-state index contributed by atoms with van der Waals surface area (Å²) in [6.07, 6.45) is 2.36. The predicted octanol–water partition coefficient (Wildman–Crippen LogP) is 2.99. The molecule has 1 atom stereocenters. The molecule has 0 fully saturated rings. The third kappa shape index (κ3) is 77.0. The van der Waals surface area contributed by atoms with Crippen LogP contribution in [0.25, 0.3) is 0 Å². The van der Waals surface area contributed by atoms with E-state index in [9.17, 15) is 0 Å². The molecular weight excluding hydrogens is 166 g/mol. The van der Waals surface area contributed by atoms with E-state index in [1.807, 2.05) is 20.8 Å². The van der Waals surface area contributed by atoms with Gasteiger partial charge in [-0.05, 0) is 13.3 Å². The molecule has 0 radical (unpaired) electrons. The second kappa shape index (κ2) is 29.7. The highest BCUT2D eigenvalue weighted by atomic mass is 17.2. The van der Waals surface area contributed by atoms with E-state index < -0.39 is 0 Å². The van der Waals surface area contributed by atoms with Crippen molar-refractivity contribution in [2.45, 2.75) is 54.0 Å². The minimum Gasteiger partial charge on any atom is -0.328 e. The van der Waals surface area contributed by atoms with Crippen molar-refractivity contribution in [2.24, 2.45) is 5.73 Å². The van der Waals surface area contributed by atoms with Crippen molar-refractivity contribution in [3.8, 4) is 0 Å². The second-order valence-corrected chi connectivity index (χ2v) is 2.10. The predicted molar refractivity (Wildman–Crippen MR) is 60.7 cm³/mol. The van der Waals surface area contributed by atoms with Gasteiger partial charge in [-0.3, -0.25) is 0 Å². The molecule has 2 N–H and O–H groups in total. The zero-order valence-corrected chi connectivity index (χ0v) is 9.39. The van der Waals surface area contributed by atoms with Crippen LogP contribution in [0.4, 0.5) is 0 Å². The van der Waals surface area contributed by atoms with Gasteiger partial charge in [0.05, 0.1) is 14.2 Å². The number of hydrogen-bond acceptors (Lipinski definition) is 3. The van der Waals surface area contributed by atoms with Crippen LogP contribution in [0.1, 0.15) is 48.0 Å². The average Bonchev–Trinajstić information content (AvgIpc) is 2.08. The fourth-order valence-corrected chi connectivity index (χ4v) is 0.455. The normalized spacial score (nSPS) is 9.46. The summed E-state index contributed by atoms with van der Waals surface area (Å²) < 4.78 is 0. The fourth-order valence-electron chi connectivity index (χ4n) is 0.455. The largest absolute Gasteiger partial charge is 0.328 e. The van der Waals surface area contributed by atoms with Gasteiger partial charge in [0.25, 0.3) is 0 Å². The molecule has 1 unspecified atom stereocenters. The maximum Gasteiger partial charge on any atom is 0.0712 e. The Labute approximate surface area is 84.5 Å². The molecule has 0 saturated heterocycles. The summed E-state index contributed by atoms with van der Waals surface area (Å²) in [5, 5.41) is 0. The van der Waals surface area contributed by atoms with Gasteiger partial charge in [0.1, 0.15) is 0 Å². The highest BCUT2D eigenvalue weighted by Gasteiger charge is 1.85. The molecule has 0 heterocycles. The van der Waals surface area contributed by atoms with E-state index >= 15 is 0 Å². The summed E-state index contributed by atoms with van der Waals surface area (Å²) in [6.45, 7) is 8.17. The molecule has 0 saturated carbocycles. The smallest absolute Gasteiger partial charge is 0.0712 e. The van der Waals surface area contributed by atoms with E-state index in [1.165, 1.54) is 20.6 Å². The summed E-state index contributed by atoms with van der Waals surface area (Å²) >= 11 is 0. The molecule has 3 heteroatoms. The Morgan fingerprint density at radius 1 is 1.15 bits per heavy atom. The first-order valence-electron chi connectivity index (χ1n) is 4.51. The highest BCUT2D eigenvalue weighted by molar-refractivity contribution is 4.47. The zero-order valence-electron chi connectivity index (χ0n) is 9.39. The monoisotopic (exact) mass is 195 g/mol. The number of rotatable bonds is 3. The molecule has 0 rings (SSSR count). The van der Waals surface area contributed by atoms with Crippen LogP contribution >= 0.6 is 0 Å². The maximum absolute atomic E-state index is 5.40. The molecular formula is C10H29NO2. The standard InChI is InChI=1S/C5H13N.C2H6O2.C2H6.CH4/c1-3-4-5(2)6;1-3-4-2;1-2;/h5H,3-4,6H2,1-2H3;1-2H3;1-2H3;1H4. The van der Waals surface area contributed by atoms with E-state index in [0.717, 1.165) is 6.42 Å². The van der Waals surface area contributed by atoms with Gasteiger partial charge in [0.2, 0.25) is 0 Å². The lowest BCUT2D eigenvalue weighted by atomic mass is 10.2. The fraction of sp³-hybridized carbons (Fsp3) is 1.00. The van der Waals surface area contributed by atoms with Gasteiger partial charge in [-0.25, -0.2) is 9.78 Å². The van der Waals surface area contributed by atoms with Gasteiger partial charge in [-0.2, -0.15) is 0 Å². The molecule has 0 aliphatic carbocycles. The Kier molecular flexibility index (Phi) is 52.7. The number of nitrogens with two attached hydrogens (primary N) is 1. The first-order chi connectivity index (χ1) is 5.68. The molecule has 0 bridgehead atoms. The first-order valence-corrected chi connectivity index (χ1v) is 4.51. The van der Waals surface area contributed by atoms with Crippen molar-refractivity contribution in [1.82, 2.24) is 0 Å². The molecule has 0 spiro atoms.